The summed E-state index contributed by atoms with van der Waals surface area (Å²) in [5, 5.41) is 7.28. The normalized spacial score (nSPS) is 15.8. The van der Waals surface area contributed by atoms with Crippen LogP contribution in [0.1, 0.15) is 34.8 Å². The van der Waals surface area contributed by atoms with Crippen molar-refractivity contribution in [2.75, 3.05) is 29.0 Å². The number of halogens is 1. The van der Waals surface area contributed by atoms with Crippen LogP contribution < -0.4 is 15.4 Å². The molecule has 1 aliphatic rings. The molecular formula is C16H20ClN5O3S. The quantitative estimate of drug-likeness (QED) is 0.711. The van der Waals surface area contributed by atoms with E-state index in [1.165, 1.54) is 6.20 Å². The highest BCUT2D eigenvalue weighted by Gasteiger charge is 2.26. The molecule has 0 unspecified atom stereocenters. The highest BCUT2D eigenvalue weighted by Crippen LogP contribution is 2.33. The van der Waals surface area contributed by atoms with E-state index in [1.54, 1.807) is 18.2 Å². The van der Waals surface area contributed by atoms with Gasteiger partial charge in [-0.05, 0) is 31.0 Å². The molecule has 0 bridgehead atoms. The molecule has 0 aliphatic carbocycles. The minimum atomic E-state index is -3.37. The van der Waals surface area contributed by atoms with E-state index < -0.39 is 15.9 Å². The van der Waals surface area contributed by atoms with Crippen LogP contribution in [-0.2, 0) is 10.0 Å². The number of benzene rings is 1. The number of sulfonamides is 1. The lowest BCUT2D eigenvalue weighted by atomic mass is 9.91. The highest BCUT2D eigenvalue weighted by molar-refractivity contribution is 7.92. The summed E-state index contributed by atoms with van der Waals surface area (Å²) in [7, 11) is -3.37. The second-order valence-corrected chi connectivity index (χ2v) is 8.58. The first-order valence-corrected chi connectivity index (χ1v) is 10.4. The maximum Gasteiger partial charge on any atom is 0.252 e. The summed E-state index contributed by atoms with van der Waals surface area (Å²) in [6.07, 6.45) is 4.18. The zero-order valence-corrected chi connectivity index (χ0v) is 15.8. The monoisotopic (exact) mass is 397 g/mol. The van der Waals surface area contributed by atoms with Gasteiger partial charge in [-0.25, -0.2) is 8.42 Å². The minimum Gasteiger partial charge on any atom is -0.371 e. The zero-order valence-electron chi connectivity index (χ0n) is 14.2. The van der Waals surface area contributed by atoms with E-state index in [2.05, 4.69) is 19.8 Å². The van der Waals surface area contributed by atoms with Crippen LogP contribution in [0.15, 0.2) is 24.4 Å². The molecule has 1 aliphatic heterocycles. The Morgan fingerprint density at radius 1 is 1.35 bits per heavy atom. The van der Waals surface area contributed by atoms with E-state index >= 15 is 0 Å². The lowest BCUT2D eigenvalue weighted by Crippen LogP contribution is -2.33. The predicted octanol–water partition coefficient (Wildman–Crippen LogP) is 1.92. The molecule has 0 atom stereocenters. The lowest BCUT2D eigenvalue weighted by molar-refractivity contribution is 0.0998. The fraction of sp³-hybridized carbons (Fsp3) is 0.375. The van der Waals surface area contributed by atoms with E-state index in [1.807, 2.05) is 0 Å². The van der Waals surface area contributed by atoms with Crippen molar-refractivity contribution in [3.63, 3.8) is 0 Å². The van der Waals surface area contributed by atoms with E-state index in [4.69, 9.17) is 17.3 Å². The van der Waals surface area contributed by atoms with Crippen LogP contribution in [-0.4, -0.2) is 43.9 Å². The van der Waals surface area contributed by atoms with Gasteiger partial charge in [0, 0.05) is 29.7 Å². The number of nitrogens with one attached hydrogen (secondary N) is 2. The smallest absolute Gasteiger partial charge is 0.252 e. The summed E-state index contributed by atoms with van der Waals surface area (Å²) in [4.78, 5) is 13.6. The summed E-state index contributed by atoms with van der Waals surface area (Å²) in [5.74, 6) is -0.313. The van der Waals surface area contributed by atoms with Gasteiger partial charge >= 0.3 is 0 Å². The topological polar surface area (TPSA) is 121 Å². The largest absolute Gasteiger partial charge is 0.371 e. The second kappa shape index (κ2) is 7.16. The second-order valence-electron chi connectivity index (χ2n) is 6.40. The van der Waals surface area contributed by atoms with Crippen molar-refractivity contribution in [1.82, 2.24) is 10.2 Å². The van der Waals surface area contributed by atoms with Crippen LogP contribution in [0, 0.1) is 0 Å². The van der Waals surface area contributed by atoms with Crippen molar-refractivity contribution in [2.45, 2.75) is 18.8 Å². The van der Waals surface area contributed by atoms with E-state index in [0.29, 0.717) is 16.3 Å². The lowest BCUT2D eigenvalue weighted by Gasteiger charge is -2.33. The number of hydrogen-bond donors (Lipinski definition) is 3. The first-order valence-electron chi connectivity index (χ1n) is 8.09. The van der Waals surface area contributed by atoms with Crippen LogP contribution in [0.5, 0.6) is 0 Å². The number of aromatic amines is 1. The number of primary amides is 1. The van der Waals surface area contributed by atoms with Crippen LogP contribution in [0.4, 0.5) is 11.4 Å². The van der Waals surface area contributed by atoms with Crippen LogP contribution >= 0.6 is 11.6 Å². The van der Waals surface area contributed by atoms with Gasteiger partial charge in [0.1, 0.15) is 0 Å². The molecule has 10 heteroatoms. The average molecular weight is 398 g/mol. The van der Waals surface area contributed by atoms with Crippen LogP contribution in [0.25, 0.3) is 0 Å². The standard InChI is InChI=1S/C16H20ClN5O3S/c1-26(24,25)21-12-6-11(17)7-13(8-12)22-4-2-10(3-5-22)15-14(16(18)23)9-19-20-15/h6-10,21H,2-5H2,1H3,(H2,18,23)(H,19,20). The van der Waals surface area contributed by atoms with Gasteiger partial charge in [0.2, 0.25) is 10.0 Å². The number of aromatic nitrogens is 2. The number of nitrogens with two attached hydrogens (primary N) is 1. The van der Waals surface area contributed by atoms with Gasteiger partial charge in [-0.3, -0.25) is 14.6 Å². The maximum atomic E-state index is 11.5. The van der Waals surface area contributed by atoms with E-state index in [9.17, 15) is 13.2 Å². The van der Waals surface area contributed by atoms with Crippen LogP contribution in [0.2, 0.25) is 5.02 Å². The first kappa shape index (κ1) is 18.5. The molecule has 2 aromatic rings. The van der Waals surface area contributed by atoms with Gasteiger partial charge in [-0.15, -0.1) is 0 Å². The maximum absolute atomic E-state index is 11.5. The summed E-state index contributed by atoms with van der Waals surface area (Å²) < 4.78 is 25.3. The Balaban J connectivity index is 1.74. The highest BCUT2D eigenvalue weighted by atomic mass is 35.5. The molecular weight excluding hydrogens is 378 g/mol. The van der Waals surface area contributed by atoms with Crippen molar-refractivity contribution in [3.8, 4) is 0 Å². The first-order chi connectivity index (χ1) is 12.2. The summed E-state index contributed by atoms with van der Waals surface area (Å²) in [6.45, 7) is 1.47. The molecule has 26 heavy (non-hydrogen) atoms. The van der Waals surface area contributed by atoms with Gasteiger partial charge in [-0.2, -0.15) is 5.10 Å². The predicted molar refractivity (Wildman–Crippen MR) is 101 cm³/mol. The molecule has 140 valence electrons. The van der Waals surface area contributed by atoms with Crippen molar-refractivity contribution < 1.29 is 13.2 Å². The van der Waals surface area contributed by atoms with Gasteiger partial charge in [0.15, 0.2) is 0 Å². The molecule has 0 saturated carbocycles. The van der Waals surface area contributed by atoms with Gasteiger partial charge in [-0.1, -0.05) is 11.6 Å². The summed E-state index contributed by atoms with van der Waals surface area (Å²) in [5.41, 5.74) is 7.88. The third kappa shape index (κ3) is 4.28. The van der Waals surface area contributed by atoms with Crippen molar-refractivity contribution in [3.05, 3.63) is 40.7 Å². The number of carbonyl (C=O) groups excluding carboxylic acids is 1. The van der Waals surface area contributed by atoms with Gasteiger partial charge in [0.05, 0.1) is 29.4 Å². The summed E-state index contributed by atoms with van der Waals surface area (Å²) >= 11 is 6.14. The average Bonchev–Trinajstić information content (AvgIpc) is 3.02. The molecule has 1 saturated heterocycles. The zero-order chi connectivity index (χ0) is 18.9. The van der Waals surface area contributed by atoms with Crippen molar-refractivity contribution in [1.29, 1.82) is 0 Å². The number of rotatable bonds is 5. The Labute approximate surface area is 156 Å². The van der Waals surface area contributed by atoms with E-state index in [0.717, 1.165) is 43.6 Å². The molecule has 1 aromatic carbocycles. The Kier molecular flexibility index (Phi) is 5.10. The number of piperidine rings is 1. The fourth-order valence-electron chi connectivity index (χ4n) is 3.26. The molecule has 3 rings (SSSR count). The molecule has 0 spiro atoms. The van der Waals surface area contributed by atoms with Gasteiger partial charge < -0.3 is 10.6 Å². The Morgan fingerprint density at radius 3 is 2.65 bits per heavy atom. The molecule has 2 heterocycles. The van der Waals surface area contributed by atoms with Gasteiger partial charge in [0.25, 0.3) is 5.91 Å². The number of H-pyrrole nitrogens is 1. The molecule has 1 aromatic heterocycles. The minimum absolute atomic E-state index is 0.170. The SMILES string of the molecule is CS(=O)(=O)Nc1cc(Cl)cc(N2CCC(c3[nH]ncc3C(N)=O)CC2)c1. The summed E-state index contributed by atoms with van der Waals surface area (Å²) in [6, 6.07) is 5.14. The number of hydrogen-bond acceptors (Lipinski definition) is 5. The Morgan fingerprint density at radius 2 is 2.04 bits per heavy atom. The number of amides is 1. The van der Waals surface area contributed by atoms with Crippen LogP contribution in [0.3, 0.4) is 0 Å². The third-order valence-corrected chi connectivity index (χ3v) is 5.21. The molecule has 0 radical (unpaired) electrons. The molecule has 1 fully saturated rings. The van der Waals surface area contributed by atoms with E-state index in [-0.39, 0.29) is 5.92 Å². The Hall–Kier alpha value is -2.26. The number of anilines is 2. The Bertz CT molecular complexity index is 920. The third-order valence-electron chi connectivity index (χ3n) is 4.39. The molecule has 1 amide bonds. The fourth-order valence-corrected chi connectivity index (χ4v) is 4.04. The van der Waals surface area contributed by atoms with Crippen molar-refractivity contribution >= 4 is 38.9 Å². The molecule has 4 N–H and O–H groups in total. The number of carbonyl (C=O) groups is 1. The molecule has 8 nitrogen and oxygen atoms in total. The number of nitrogens with zero attached hydrogens (tertiary/aromatic N) is 2. The van der Waals surface area contributed by atoms with Crippen molar-refractivity contribution in [2.24, 2.45) is 5.73 Å².